The van der Waals surface area contributed by atoms with E-state index in [9.17, 15) is 9.90 Å². The van der Waals surface area contributed by atoms with E-state index in [0.29, 0.717) is 20.9 Å². The van der Waals surface area contributed by atoms with E-state index >= 15 is 0 Å². The first-order valence-electron chi connectivity index (χ1n) is 5.55. The van der Waals surface area contributed by atoms with Gasteiger partial charge in [-0.3, -0.25) is 0 Å². The van der Waals surface area contributed by atoms with Crippen molar-refractivity contribution in [3.63, 3.8) is 0 Å². The molecule has 2 heterocycles. The summed E-state index contributed by atoms with van der Waals surface area (Å²) in [5, 5.41) is 9.22. The number of aromatic carboxylic acids is 1. The maximum Gasteiger partial charge on any atom is 0.355 e. The molecule has 0 aliphatic rings. The van der Waals surface area contributed by atoms with Gasteiger partial charge in [-0.05, 0) is 18.5 Å². The minimum absolute atomic E-state index is 0.0107. The molecule has 2 aromatic heterocycles. The highest BCUT2D eigenvalue weighted by Crippen LogP contribution is 2.31. The Morgan fingerprint density at radius 2 is 2.16 bits per heavy atom. The van der Waals surface area contributed by atoms with Gasteiger partial charge in [0.1, 0.15) is 11.6 Å². The van der Waals surface area contributed by atoms with Crippen LogP contribution in [0.3, 0.4) is 0 Å². The molecule has 2 rings (SSSR count). The summed E-state index contributed by atoms with van der Waals surface area (Å²) in [6.07, 6.45) is 1.53. The van der Waals surface area contributed by atoms with Crippen LogP contribution < -0.4 is 0 Å². The minimum Gasteiger partial charge on any atom is -0.476 e. The van der Waals surface area contributed by atoms with Crippen molar-refractivity contribution >= 4 is 29.3 Å². The Bertz CT molecular complexity index is 612. The van der Waals surface area contributed by atoms with Crippen molar-refractivity contribution in [1.82, 2.24) is 19.3 Å². The summed E-state index contributed by atoms with van der Waals surface area (Å²) in [6, 6.07) is 0. The first-order valence-corrected chi connectivity index (χ1v) is 7.14. The number of nitrogens with zero attached hydrogens (tertiary/aromatic N) is 4. The van der Waals surface area contributed by atoms with E-state index in [2.05, 4.69) is 19.3 Å². The molecule has 0 saturated carbocycles. The molecule has 0 atom stereocenters. The molecule has 0 amide bonds. The number of aryl methyl sites for hydroxylation is 1. The van der Waals surface area contributed by atoms with Gasteiger partial charge in [0.05, 0.1) is 4.90 Å². The van der Waals surface area contributed by atoms with Gasteiger partial charge in [0.2, 0.25) is 0 Å². The molecule has 0 aliphatic heterocycles. The Labute approximate surface area is 118 Å². The fourth-order valence-corrected chi connectivity index (χ4v) is 2.96. The predicted molar refractivity (Wildman–Crippen MR) is 71.8 cm³/mol. The van der Waals surface area contributed by atoms with E-state index in [1.165, 1.54) is 29.5 Å². The summed E-state index contributed by atoms with van der Waals surface area (Å²) in [7, 11) is 0. The van der Waals surface area contributed by atoms with E-state index in [-0.39, 0.29) is 11.6 Å². The highest BCUT2D eigenvalue weighted by atomic mass is 32.2. The molecule has 0 radical (unpaired) electrons. The highest BCUT2D eigenvalue weighted by molar-refractivity contribution is 8.01. The zero-order chi connectivity index (χ0) is 14.0. The third-order valence-corrected chi connectivity index (χ3v) is 4.06. The van der Waals surface area contributed by atoms with Gasteiger partial charge in [-0.2, -0.15) is 4.37 Å². The van der Waals surface area contributed by atoms with Crippen LogP contribution in [0.5, 0.6) is 0 Å². The minimum atomic E-state index is -1.06. The average Bonchev–Trinajstić information content (AvgIpc) is 2.74. The third kappa shape index (κ3) is 3.27. The van der Waals surface area contributed by atoms with E-state index in [1.54, 1.807) is 6.92 Å². The maximum atomic E-state index is 11.3. The van der Waals surface area contributed by atoms with Crippen LogP contribution in [0.2, 0.25) is 0 Å². The quantitative estimate of drug-likeness (QED) is 0.927. The first kappa shape index (κ1) is 13.9. The Hall–Kier alpha value is -1.54. The molecule has 0 fully saturated rings. The van der Waals surface area contributed by atoms with Crippen LogP contribution in [0.25, 0.3) is 0 Å². The molecular weight excluding hydrogens is 284 g/mol. The van der Waals surface area contributed by atoms with E-state index in [0.717, 1.165) is 0 Å². The number of hydrogen-bond acceptors (Lipinski definition) is 7. The SMILES string of the molecule is Cc1nsc(Sc2cnc(C(C)C)nc2C(=O)O)n1. The van der Waals surface area contributed by atoms with Crippen LogP contribution in [0, 0.1) is 6.92 Å². The standard InChI is InChI=1S/C11H12N4O2S2/c1-5(2)9-12-4-7(8(14-9)10(16)17)18-11-13-6(3)15-19-11/h4-5H,1-3H3,(H,16,17). The van der Waals surface area contributed by atoms with Gasteiger partial charge in [0.25, 0.3) is 0 Å². The van der Waals surface area contributed by atoms with Gasteiger partial charge >= 0.3 is 5.97 Å². The lowest BCUT2D eigenvalue weighted by molar-refractivity contribution is 0.0685. The summed E-state index contributed by atoms with van der Waals surface area (Å²) in [4.78, 5) is 24.2. The molecule has 19 heavy (non-hydrogen) atoms. The van der Waals surface area contributed by atoms with Gasteiger partial charge in [0, 0.05) is 12.1 Å². The number of carbonyl (C=O) groups is 1. The molecule has 6 nitrogen and oxygen atoms in total. The lowest BCUT2D eigenvalue weighted by Crippen LogP contribution is -2.08. The summed E-state index contributed by atoms with van der Waals surface area (Å²) < 4.78 is 4.74. The predicted octanol–water partition coefficient (Wildman–Crippen LogP) is 2.61. The zero-order valence-electron chi connectivity index (χ0n) is 10.6. The number of rotatable bonds is 4. The van der Waals surface area contributed by atoms with Crippen molar-refractivity contribution in [2.45, 2.75) is 35.9 Å². The summed E-state index contributed by atoms with van der Waals surface area (Å²) in [5.74, 6) is 0.216. The highest BCUT2D eigenvalue weighted by Gasteiger charge is 2.17. The monoisotopic (exact) mass is 296 g/mol. The molecule has 0 spiro atoms. The molecule has 2 aromatic rings. The fourth-order valence-electron chi connectivity index (χ4n) is 1.30. The Kier molecular flexibility index (Phi) is 4.11. The molecule has 0 saturated heterocycles. The number of hydrogen-bond donors (Lipinski definition) is 1. The Morgan fingerprint density at radius 3 is 2.68 bits per heavy atom. The van der Waals surface area contributed by atoms with Crippen molar-refractivity contribution in [1.29, 1.82) is 0 Å². The van der Waals surface area contributed by atoms with E-state index in [4.69, 9.17) is 0 Å². The second kappa shape index (κ2) is 5.62. The van der Waals surface area contributed by atoms with Crippen LogP contribution >= 0.6 is 23.3 Å². The van der Waals surface area contributed by atoms with Gasteiger partial charge in [0.15, 0.2) is 10.0 Å². The molecule has 0 bridgehead atoms. The molecule has 1 N–H and O–H groups in total. The van der Waals surface area contributed by atoms with Crippen molar-refractivity contribution in [3.05, 3.63) is 23.5 Å². The van der Waals surface area contributed by atoms with E-state index < -0.39 is 5.97 Å². The average molecular weight is 296 g/mol. The molecule has 100 valence electrons. The smallest absolute Gasteiger partial charge is 0.355 e. The lowest BCUT2D eigenvalue weighted by atomic mass is 10.2. The number of aromatic nitrogens is 4. The van der Waals surface area contributed by atoms with Crippen molar-refractivity contribution in [2.75, 3.05) is 0 Å². The second-order valence-electron chi connectivity index (χ2n) is 4.11. The van der Waals surface area contributed by atoms with Crippen molar-refractivity contribution < 1.29 is 9.90 Å². The maximum absolute atomic E-state index is 11.3. The first-order chi connectivity index (χ1) is 8.97. The van der Waals surface area contributed by atoms with Crippen LogP contribution in [0.1, 0.15) is 41.9 Å². The molecule has 8 heteroatoms. The topological polar surface area (TPSA) is 88.9 Å². The summed E-state index contributed by atoms with van der Waals surface area (Å²) in [6.45, 7) is 5.63. The van der Waals surface area contributed by atoms with Gasteiger partial charge in [-0.1, -0.05) is 25.6 Å². The van der Waals surface area contributed by atoms with Crippen molar-refractivity contribution in [3.8, 4) is 0 Å². The third-order valence-electron chi connectivity index (χ3n) is 2.20. The Balaban J connectivity index is 2.36. The van der Waals surface area contributed by atoms with Crippen molar-refractivity contribution in [2.24, 2.45) is 0 Å². The van der Waals surface area contributed by atoms with Crippen LogP contribution in [0.4, 0.5) is 0 Å². The van der Waals surface area contributed by atoms with Crippen LogP contribution in [0.15, 0.2) is 15.4 Å². The molecule has 0 aliphatic carbocycles. The molecular formula is C11H12N4O2S2. The molecule has 0 aromatic carbocycles. The van der Waals surface area contributed by atoms with Gasteiger partial charge < -0.3 is 5.11 Å². The Morgan fingerprint density at radius 1 is 1.42 bits per heavy atom. The van der Waals surface area contributed by atoms with Gasteiger partial charge in [-0.25, -0.2) is 19.7 Å². The summed E-state index contributed by atoms with van der Waals surface area (Å²) >= 11 is 2.45. The zero-order valence-corrected chi connectivity index (χ0v) is 12.2. The fraction of sp³-hybridized carbons (Fsp3) is 0.364. The number of carboxylic acids is 1. The number of carboxylic acid groups (broad SMARTS) is 1. The second-order valence-corrected chi connectivity index (χ2v) is 6.15. The summed E-state index contributed by atoms with van der Waals surface area (Å²) in [5.41, 5.74) is 0.0107. The van der Waals surface area contributed by atoms with Gasteiger partial charge in [-0.15, -0.1) is 0 Å². The van der Waals surface area contributed by atoms with Crippen LogP contribution in [-0.2, 0) is 0 Å². The molecule has 0 unspecified atom stereocenters. The largest absolute Gasteiger partial charge is 0.476 e. The van der Waals surface area contributed by atoms with E-state index in [1.807, 2.05) is 13.8 Å². The van der Waals surface area contributed by atoms with Crippen LogP contribution in [-0.4, -0.2) is 30.4 Å². The lowest BCUT2D eigenvalue weighted by Gasteiger charge is -2.07. The normalized spacial score (nSPS) is 10.9.